The first-order valence-electron chi connectivity index (χ1n) is 3.08. The fraction of sp³-hybridized carbons (Fsp3) is 0.667. The molecule has 0 saturated heterocycles. The maximum Gasteiger partial charge on any atom is 0.0504 e. The Bertz CT molecular complexity index is 132. The summed E-state index contributed by atoms with van der Waals surface area (Å²) in [7, 11) is 0. The Balaban J connectivity index is 2.61. The van der Waals surface area contributed by atoms with Crippen LogP contribution in [-0.4, -0.2) is 0 Å². The predicted octanol–water partition coefficient (Wildman–Crippen LogP) is 0.486. The highest BCUT2D eigenvalue weighted by Crippen LogP contribution is 2.22. The van der Waals surface area contributed by atoms with Gasteiger partial charge in [-0.1, -0.05) is 20.8 Å². The van der Waals surface area contributed by atoms with Crippen LogP contribution in [0.1, 0.15) is 20.8 Å². The van der Waals surface area contributed by atoms with Gasteiger partial charge in [0, 0.05) is 11.6 Å². The minimum absolute atomic E-state index is 0.205. The summed E-state index contributed by atoms with van der Waals surface area (Å²) in [6.45, 7) is 6.46. The Kier molecular flexibility index (Phi) is 1.37. The molecule has 0 radical (unpaired) electrons. The SMILES string of the molecule is CC(C)(C)C1=CNNN1. The van der Waals surface area contributed by atoms with E-state index in [9.17, 15) is 0 Å². The van der Waals surface area contributed by atoms with Gasteiger partial charge in [0.25, 0.3) is 0 Å². The number of rotatable bonds is 0. The fourth-order valence-corrected chi connectivity index (χ4v) is 0.652. The van der Waals surface area contributed by atoms with Crippen LogP contribution in [0.5, 0.6) is 0 Å². The van der Waals surface area contributed by atoms with E-state index in [2.05, 4.69) is 37.2 Å². The Morgan fingerprint density at radius 2 is 2.00 bits per heavy atom. The Morgan fingerprint density at radius 1 is 1.33 bits per heavy atom. The second kappa shape index (κ2) is 1.92. The topological polar surface area (TPSA) is 36.1 Å². The summed E-state index contributed by atoms with van der Waals surface area (Å²) < 4.78 is 0. The highest BCUT2D eigenvalue weighted by molar-refractivity contribution is 5.08. The van der Waals surface area contributed by atoms with Crippen LogP contribution in [-0.2, 0) is 0 Å². The van der Waals surface area contributed by atoms with Crippen molar-refractivity contribution in [2.45, 2.75) is 20.8 Å². The van der Waals surface area contributed by atoms with E-state index in [0.29, 0.717) is 0 Å². The third-order valence-corrected chi connectivity index (χ3v) is 1.29. The van der Waals surface area contributed by atoms with Crippen LogP contribution >= 0.6 is 0 Å². The lowest BCUT2D eigenvalue weighted by molar-refractivity contribution is 0.447. The van der Waals surface area contributed by atoms with Gasteiger partial charge in [-0.3, -0.25) is 0 Å². The smallest absolute Gasteiger partial charge is 0.0504 e. The van der Waals surface area contributed by atoms with Crippen LogP contribution in [0.15, 0.2) is 11.9 Å². The fourth-order valence-electron chi connectivity index (χ4n) is 0.652. The number of hydrazine groups is 2. The lowest BCUT2D eigenvalue weighted by atomic mass is 9.93. The van der Waals surface area contributed by atoms with Crippen LogP contribution in [0.2, 0.25) is 0 Å². The van der Waals surface area contributed by atoms with Gasteiger partial charge in [-0.2, -0.15) is 5.53 Å². The zero-order valence-corrected chi connectivity index (χ0v) is 6.08. The van der Waals surface area contributed by atoms with Crippen molar-refractivity contribution in [2.24, 2.45) is 5.41 Å². The lowest BCUT2D eigenvalue weighted by Crippen LogP contribution is -2.34. The van der Waals surface area contributed by atoms with E-state index in [4.69, 9.17) is 0 Å². The molecule has 0 aromatic carbocycles. The molecule has 0 aliphatic carbocycles. The Morgan fingerprint density at radius 3 is 2.22 bits per heavy atom. The minimum atomic E-state index is 0.205. The van der Waals surface area contributed by atoms with E-state index in [1.807, 2.05) is 6.20 Å². The van der Waals surface area contributed by atoms with E-state index >= 15 is 0 Å². The van der Waals surface area contributed by atoms with Crippen LogP contribution < -0.4 is 16.4 Å². The second-order valence-electron chi connectivity index (χ2n) is 3.20. The molecule has 1 rings (SSSR count). The first-order valence-corrected chi connectivity index (χ1v) is 3.08. The summed E-state index contributed by atoms with van der Waals surface area (Å²) in [5.41, 5.74) is 10.0. The van der Waals surface area contributed by atoms with Crippen LogP contribution in [0, 0.1) is 5.41 Å². The molecule has 9 heavy (non-hydrogen) atoms. The molecule has 0 aromatic rings. The molecule has 3 heteroatoms. The number of hydrogen-bond acceptors (Lipinski definition) is 3. The molecule has 0 aromatic heterocycles. The predicted molar refractivity (Wildman–Crippen MR) is 36.9 cm³/mol. The van der Waals surface area contributed by atoms with E-state index in [-0.39, 0.29) is 5.41 Å². The van der Waals surface area contributed by atoms with Crippen molar-refractivity contribution in [3.8, 4) is 0 Å². The molecule has 3 N–H and O–H groups in total. The molecule has 0 amide bonds. The van der Waals surface area contributed by atoms with Gasteiger partial charge in [0.05, 0.1) is 5.70 Å². The molecular formula is C6H13N3. The van der Waals surface area contributed by atoms with Gasteiger partial charge in [-0.15, -0.1) is 0 Å². The van der Waals surface area contributed by atoms with E-state index in [1.54, 1.807) is 0 Å². The molecule has 1 aliphatic rings. The summed E-state index contributed by atoms with van der Waals surface area (Å²) in [6.07, 6.45) is 1.93. The van der Waals surface area contributed by atoms with Gasteiger partial charge in [0.2, 0.25) is 0 Å². The first kappa shape index (κ1) is 6.42. The summed E-state index contributed by atoms with van der Waals surface area (Å²) in [5.74, 6) is 0. The average Bonchev–Trinajstić information content (AvgIpc) is 2.08. The molecule has 0 saturated carbocycles. The molecule has 3 nitrogen and oxygen atoms in total. The first-order chi connectivity index (χ1) is 4.11. The second-order valence-corrected chi connectivity index (χ2v) is 3.20. The Labute approximate surface area is 55.5 Å². The summed E-state index contributed by atoms with van der Waals surface area (Å²) >= 11 is 0. The zero-order chi connectivity index (χ0) is 6.91. The normalized spacial score (nSPS) is 18.3. The standard InChI is InChI=1S/C6H13N3/c1-6(2,3)5-4-7-9-8-5/h4,7-9H,1-3H3. The van der Waals surface area contributed by atoms with Crippen molar-refractivity contribution in [1.29, 1.82) is 0 Å². The summed E-state index contributed by atoms with van der Waals surface area (Å²) in [6, 6.07) is 0. The van der Waals surface area contributed by atoms with Crippen molar-refractivity contribution >= 4 is 0 Å². The maximum absolute atomic E-state index is 3.00. The van der Waals surface area contributed by atoms with Gasteiger partial charge >= 0.3 is 0 Å². The summed E-state index contributed by atoms with van der Waals surface area (Å²) in [4.78, 5) is 0. The van der Waals surface area contributed by atoms with E-state index in [1.165, 1.54) is 5.70 Å². The maximum atomic E-state index is 3.00. The van der Waals surface area contributed by atoms with Crippen LogP contribution in [0.4, 0.5) is 0 Å². The van der Waals surface area contributed by atoms with Gasteiger partial charge in [-0.05, 0) is 0 Å². The third kappa shape index (κ3) is 1.36. The molecule has 1 heterocycles. The van der Waals surface area contributed by atoms with Gasteiger partial charge < -0.3 is 10.9 Å². The van der Waals surface area contributed by atoms with Gasteiger partial charge in [0.15, 0.2) is 0 Å². The molecule has 52 valence electrons. The third-order valence-electron chi connectivity index (χ3n) is 1.29. The largest absolute Gasteiger partial charge is 0.310 e. The molecule has 0 spiro atoms. The number of allylic oxidation sites excluding steroid dienone is 1. The quantitative estimate of drug-likeness (QED) is 0.443. The monoisotopic (exact) mass is 127 g/mol. The molecular weight excluding hydrogens is 114 g/mol. The Hall–Kier alpha value is -0.700. The van der Waals surface area contributed by atoms with Crippen LogP contribution in [0.3, 0.4) is 0 Å². The zero-order valence-electron chi connectivity index (χ0n) is 6.08. The van der Waals surface area contributed by atoms with Gasteiger partial charge in [0.1, 0.15) is 0 Å². The van der Waals surface area contributed by atoms with Crippen molar-refractivity contribution in [2.75, 3.05) is 0 Å². The van der Waals surface area contributed by atoms with Crippen molar-refractivity contribution in [3.63, 3.8) is 0 Å². The molecule has 1 aliphatic heterocycles. The minimum Gasteiger partial charge on any atom is -0.310 e. The summed E-state index contributed by atoms with van der Waals surface area (Å²) in [5, 5.41) is 0. The van der Waals surface area contributed by atoms with E-state index in [0.717, 1.165) is 0 Å². The molecule has 0 fully saturated rings. The van der Waals surface area contributed by atoms with Crippen LogP contribution in [0.25, 0.3) is 0 Å². The molecule has 0 bridgehead atoms. The van der Waals surface area contributed by atoms with Crippen molar-refractivity contribution < 1.29 is 0 Å². The molecule has 0 unspecified atom stereocenters. The highest BCUT2D eigenvalue weighted by atomic mass is 15.6. The lowest BCUT2D eigenvalue weighted by Gasteiger charge is -2.18. The number of hydrogen-bond donors (Lipinski definition) is 3. The average molecular weight is 127 g/mol. The highest BCUT2D eigenvalue weighted by Gasteiger charge is 2.18. The van der Waals surface area contributed by atoms with Gasteiger partial charge in [-0.25, -0.2) is 0 Å². The molecule has 0 atom stereocenters. The van der Waals surface area contributed by atoms with E-state index < -0.39 is 0 Å². The van der Waals surface area contributed by atoms with Crippen molar-refractivity contribution in [3.05, 3.63) is 11.9 Å². The van der Waals surface area contributed by atoms with Crippen molar-refractivity contribution in [1.82, 2.24) is 16.4 Å². The number of nitrogens with one attached hydrogen (secondary N) is 3.